The Balaban J connectivity index is 0.00000288. The fourth-order valence-electron chi connectivity index (χ4n) is 4.12. The van der Waals surface area contributed by atoms with Gasteiger partial charge in [-0.1, -0.05) is 32.1 Å². The number of fused-ring (bicyclic) bond motifs is 1. The fraction of sp³-hybridized carbons (Fsp3) is 0.737. The van der Waals surface area contributed by atoms with Gasteiger partial charge in [-0.3, -0.25) is 4.79 Å². The summed E-state index contributed by atoms with van der Waals surface area (Å²) >= 11 is 0. The quantitative estimate of drug-likeness (QED) is 0.628. The molecule has 0 aromatic rings. The van der Waals surface area contributed by atoms with Gasteiger partial charge < -0.3 is 15.3 Å². The van der Waals surface area contributed by atoms with Gasteiger partial charge in [0, 0.05) is 18.9 Å². The van der Waals surface area contributed by atoms with Gasteiger partial charge in [0.05, 0.1) is 18.6 Å². The first-order chi connectivity index (χ1) is 10.9. The van der Waals surface area contributed by atoms with Crippen LogP contribution in [-0.2, 0) is 4.79 Å². The summed E-state index contributed by atoms with van der Waals surface area (Å²) in [5.41, 5.74) is 1.45. The Hall–Kier alpha value is -0.533. The summed E-state index contributed by atoms with van der Waals surface area (Å²) in [6.07, 6.45) is 9.17. The van der Waals surface area contributed by atoms with Gasteiger partial charge >= 0.3 is 5.97 Å². The van der Waals surface area contributed by atoms with E-state index in [9.17, 15) is 15.0 Å². The van der Waals surface area contributed by atoms with E-state index in [1.807, 2.05) is 0 Å². The van der Waals surface area contributed by atoms with E-state index < -0.39 is 18.2 Å². The van der Waals surface area contributed by atoms with Crippen molar-refractivity contribution in [3.05, 3.63) is 23.8 Å². The summed E-state index contributed by atoms with van der Waals surface area (Å²) in [4.78, 5) is 10.6. The number of aliphatic carboxylic acids is 1. The molecule has 5 heteroatoms. The van der Waals surface area contributed by atoms with Crippen molar-refractivity contribution in [3.8, 4) is 0 Å². The molecule has 0 aromatic heterocycles. The largest absolute Gasteiger partial charge is 0.481 e. The number of allylic oxidation sites excluding steroid dienone is 4. The number of carboxylic acids is 1. The molecule has 0 spiro atoms. The Bertz CT molecular complexity index is 474. The Morgan fingerprint density at radius 3 is 2.62 bits per heavy atom. The van der Waals surface area contributed by atoms with E-state index in [4.69, 9.17) is 5.11 Å². The van der Waals surface area contributed by atoms with Crippen LogP contribution in [0.15, 0.2) is 23.8 Å². The molecule has 2 aliphatic carbocycles. The maximum absolute atomic E-state index is 10.6. The molecule has 4 nitrogen and oxygen atoms in total. The SMILES string of the molecule is C[C@H]1C=C2C=C[C@H](C)[C@H](CC[C@@H](O)C[C@@H](O)CC(=O)O)[C@H]2CC1.[Li]. The summed E-state index contributed by atoms with van der Waals surface area (Å²) in [6.45, 7) is 4.50. The number of carboxylic acid groups (broad SMARTS) is 1. The van der Waals surface area contributed by atoms with Crippen LogP contribution in [0.1, 0.15) is 52.4 Å². The molecule has 0 fully saturated rings. The summed E-state index contributed by atoms with van der Waals surface area (Å²) in [7, 11) is 0. The topological polar surface area (TPSA) is 77.8 Å². The maximum Gasteiger partial charge on any atom is 0.305 e. The monoisotopic (exact) mass is 329 g/mol. The van der Waals surface area contributed by atoms with Crippen LogP contribution < -0.4 is 0 Å². The second kappa shape index (κ2) is 9.82. The van der Waals surface area contributed by atoms with Crippen molar-refractivity contribution < 1.29 is 20.1 Å². The van der Waals surface area contributed by atoms with Crippen LogP contribution in [0.4, 0.5) is 0 Å². The fourth-order valence-corrected chi connectivity index (χ4v) is 4.12. The van der Waals surface area contributed by atoms with Gasteiger partial charge in [0.15, 0.2) is 0 Å². The van der Waals surface area contributed by atoms with Crippen molar-refractivity contribution in [2.75, 3.05) is 0 Å². The number of hydrogen-bond acceptors (Lipinski definition) is 3. The predicted molar refractivity (Wildman–Crippen MR) is 95.6 cm³/mol. The molecule has 0 unspecified atom stereocenters. The van der Waals surface area contributed by atoms with Crippen molar-refractivity contribution in [3.63, 3.8) is 0 Å². The Kier molecular flexibility index (Phi) is 8.80. The van der Waals surface area contributed by atoms with Crippen LogP contribution in [0.3, 0.4) is 0 Å². The minimum atomic E-state index is -1.03. The Labute approximate surface area is 157 Å². The van der Waals surface area contributed by atoms with Gasteiger partial charge in [-0.05, 0) is 61.3 Å². The van der Waals surface area contributed by atoms with Crippen LogP contribution >= 0.6 is 0 Å². The van der Waals surface area contributed by atoms with E-state index in [0.29, 0.717) is 30.1 Å². The van der Waals surface area contributed by atoms with Crippen LogP contribution in [0, 0.1) is 23.7 Å². The van der Waals surface area contributed by atoms with Crippen LogP contribution in [0.2, 0.25) is 0 Å². The molecule has 0 amide bonds. The Morgan fingerprint density at radius 2 is 1.96 bits per heavy atom. The third-order valence-electron chi connectivity index (χ3n) is 5.41. The molecule has 2 rings (SSSR count). The summed E-state index contributed by atoms with van der Waals surface area (Å²) in [6, 6.07) is 0. The van der Waals surface area contributed by atoms with Gasteiger partial charge in [-0.25, -0.2) is 0 Å². The maximum atomic E-state index is 10.6. The number of rotatable bonds is 7. The average Bonchev–Trinajstić information content (AvgIpc) is 2.45. The van der Waals surface area contributed by atoms with Crippen LogP contribution in [0.5, 0.6) is 0 Å². The molecule has 0 heterocycles. The zero-order valence-electron chi connectivity index (χ0n) is 15.2. The van der Waals surface area contributed by atoms with Gasteiger partial charge in [0.25, 0.3) is 0 Å². The second-order valence-corrected chi connectivity index (χ2v) is 7.43. The number of aliphatic hydroxyl groups is 2. The predicted octanol–water partition coefficient (Wildman–Crippen LogP) is 2.77. The third kappa shape index (κ3) is 6.08. The molecular formula is C19H30LiO4. The summed E-state index contributed by atoms with van der Waals surface area (Å²) in [5, 5.41) is 28.4. The third-order valence-corrected chi connectivity index (χ3v) is 5.41. The molecular weight excluding hydrogens is 299 g/mol. The molecule has 0 saturated heterocycles. The number of aliphatic hydroxyl groups excluding tert-OH is 2. The van der Waals surface area contributed by atoms with Crippen LogP contribution in [0.25, 0.3) is 0 Å². The number of hydrogen-bond donors (Lipinski definition) is 3. The van der Waals surface area contributed by atoms with Crippen molar-refractivity contribution in [1.82, 2.24) is 0 Å². The van der Waals surface area contributed by atoms with Gasteiger partial charge in [0.1, 0.15) is 0 Å². The summed E-state index contributed by atoms with van der Waals surface area (Å²) < 4.78 is 0. The zero-order chi connectivity index (χ0) is 17.0. The van der Waals surface area contributed by atoms with Crippen LogP contribution in [-0.4, -0.2) is 52.4 Å². The van der Waals surface area contributed by atoms with E-state index in [2.05, 4.69) is 32.1 Å². The van der Waals surface area contributed by atoms with Crippen molar-refractivity contribution in [2.45, 2.75) is 64.6 Å². The van der Waals surface area contributed by atoms with Crippen molar-refractivity contribution in [1.29, 1.82) is 0 Å². The molecule has 2 aliphatic rings. The normalized spacial score (nSPS) is 31.4. The molecule has 0 saturated carbocycles. The molecule has 6 atom stereocenters. The zero-order valence-corrected chi connectivity index (χ0v) is 15.2. The minimum Gasteiger partial charge on any atom is -0.481 e. The molecule has 0 aromatic carbocycles. The van der Waals surface area contributed by atoms with Crippen molar-refractivity contribution in [2.24, 2.45) is 23.7 Å². The van der Waals surface area contributed by atoms with Gasteiger partial charge in [-0.15, -0.1) is 0 Å². The van der Waals surface area contributed by atoms with E-state index in [1.54, 1.807) is 0 Å². The van der Waals surface area contributed by atoms with E-state index in [-0.39, 0.29) is 31.7 Å². The first kappa shape index (κ1) is 21.5. The number of carbonyl (C=O) groups is 1. The molecule has 0 aliphatic heterocycles. The molecule has 24 heavy (non-hydrogen) atoms. The molecule has 1 radical (unpaired) electrons. The molecule has 0 bridgehead atoms. The van der Waals surface area contributed by atoms with Gasteiger partial charge in [0.2, 0.25) is 0 Å². The first-order valence-corrected chi connectivity index (χ1v) is 8.84. The Morgan fingerprint density at radius 1 is 1.25 bits per heavy atom. The van der Waals surface area contributed by atoms with E-state index in [0.717, 1.165) is 6.42 Å². The molecule has 131 valence electrons. The molecule has 3 N–H and O–H groups in total. The first-order valence-electron chi connectivity index (χ1n) is 8.84. The smallest absolute Gasteiger partial charge is 0.305 e. The minimum absolute atomic E-state index is 0. The summed E-state index contributed by atoms with van der Waals surface area (Å²) in [5.74, 6) is 1.24. The second-order valence-electron chi connectivity index (χ2n) is 7.43. The average molecular weight is 329 g/mol. The van der Waals surface area contributed by atoms with Gasteiger partial charge in [-0.2, -0.15) is 0 Å². The standard InChI is InChI=1S/C19H30O4.Li/c1-12-3-7-18-14(9-12)5-4-13(2)17(18)8-6-15(20)10-16(21)11-19(22)23;/h4-5,9,12-13,15-18,20-21H,3,6-8,10-11H2,1-2H3,(H,22,23);/t12-,13+,15-,16-,17+,18+;/m1./s1. The van der Waals surface area contributed by atoms with E-state index in [1.165, 1.54) is 18.4 Å². The van der Waals surface area contributed by atoms with Crippen molar-refractivity contribution >= 4 is 24.8 Å². The van der Waals surface area contributed by atoms with E-state index >= 15 is 0 Å².